The van der Waals surface area contributed by atoms with Gasteiger partial charge in [0.25, 0.3) is 5.91 Å². The van der Waals surface area contributed by atoms with E-state index in [-0.39, 0.29) is 5.91 Å². The van der Waals surface area contributed by atoms with Crippen LogP contribution in [-0.4, -0.2) is 16.9 Å². The standard InChI is InChI=1S/C16H17N3O/c20-16(18-11-12-4-2-1-3-5-12)15-10-14(8-9-17-15)19-13-6-7-13/h1-5,8-10,13H,6-7,11H2,(H,17,19)(H,18,20). The zero-order chi connectivity index (χ0) is 13.8. The van der Waals surface area contributed by atoms with Crippen molar-refractivity contribution < 1.29 is 4.79 Å². The highest BCUT2D eigenvalue weighted by Crippen LogP contribution is 2.24. The third-order valence-electron chi connectivity index (χ3n) is 3.24. The molecule has 0 radical (unpaired) electrons. The maximum Gasteiger partial charge on any atom is 0.270 e. The topological polar surface area (TPSA) is 54.0 Å². The number of hydrogen-bond donors (Lipinski definition) is 2. The number of benzene rings is 1. The molecule has 0 spiro atoms. The second kappa shape index (κ2) is 5.74. The third kappa shape index (κ3) is 3.35. The molecule has 0 aliphatic heterocycles. The van der Waals surface area contributed by atoms with Crippen molar-refractivity contribution in [3.8, 4) is 0 Å². The summed E-state index contributed by atoms with van der Waals surface area (Å²) in [6, 6.07) is 14.1. The Balaban J connectivity index is 1.61. The predicted octanol–water partition coefficient (Wildman–Crippen LogP) is 2.59. The normalized spacial score (nSPS) is 13.8. The molecule has 102 valence electrons. The summed E-state index contributed by atoms with van der Waals surface area (Å²) in [5.41, 5.74) is 2.49. The third-order valence-corrected chi connectivity index (χ3v) is 3.24. The number of nitrogens with zero attached hydrogens (tertiary/aromatic N) is 1. The average molecular weight is 267 g/mol. The van der Waals surface area contributed by atoms with Crippen LogP contribution >= 0.6 is 0 Å². The molecule has 1 aromatic heterocycles. The summed E-state index contributed by atoms with van der Waals surface area (Å²) in [6.45, 7) is 0.516. The van der Waals surface area contributed by atoms with Crippen LogP contribution in [0.25, 0.3) is 0 Å². The maximum atomic E-state index is 12.1. The van der Waals surface area contributed by atoms with E-state index >= 15 is 0 Å². The van der Waals surface area contributed by atoms with Gasteiger partial charge in [0, 0.05) is 24.5 Å². The zero-order valence-corrected chi connectivity index (χ0v) is 11.2. The van der Waals surface area contributed by atoms with Gasteiger partial charge in [-0.3, -0.25) is 9.78 Å². The number of rotatable bonds is 5. The smallest absolute Gasteiger partial charge is 0.270 e. The van der Waals surface area contributed by atoms with Gasteiger partial charge in [-0.1, -0.05) is 30.3 Å². The summed E-state index contributed by atoms with van der Waals surface area (Å²) in [5.74, 6) is -0.145. The Bertz CT molecular complexity index is 594. The van der Waals surface area contributed by atoms with Crippen molar-refractivity contribution >= 4 is 11.6 Å². The molecule has 2 N–H and O–H groups in total. The minimum Gasteiger partial charge on any atom is -0.382 e. The van der Waals surface area contributed by atoms with Crippen LogP contribution in [0.15, 0.2) is 48.7 Å². The van der Waals surface area contributed by atoms with Crippen LogP contribution in [-0.2, 0) is 6.54 Å². The number of hydrogen-bond acceptors (Lipinski definition) is 3. The number of amides is 1. The van der Waals surface area contributed by atoms with Gasteiger partial charge in [-0.2, -0.15) is 0 Å². The van der Waals surface area contributed by atoms with E-state index in [4.69, 9.17) is 0 Å². The molecule has 0 bridgehead atoms. The van der Waals surface area contributed by atoms with E-state index in [9.17, 15) is 4.79 Å². The van der Waals surface area contributed by atoms with E-state index in [2.05, 4.69) is 15.6 Å². The van der Waals surface area contributed by atoms with Crippen molar-refractivity contribution in [2.75, 3.05) is 5.32 Å². The van der Waals surface area contributed by atoms with Gasteiger partial charge in [-0.25, -0.2) is 0 Å². The number of anilines is 1. The van der Waals surface area contributed by atoms with Gasteiger partial charge in [0.2, 0.25) is 0 Å². The monoisotopic (exact) mass is 267 g/mol. The Hall–Kier alpha value is -2.36. The van der Waals surface area contributed by atoms with E-state index in [0.717, 1.165) is 11.3 Å². The van der Waals surface area contributed by atoms with Crippen LogP contribution in [0.4, 0.5) is 5.69 Å². The van der Waals surface area contributed by atoms with Crippen LogP contribution in [0.3, 0.4) is 0 Å². The Morgan fingerprint density at radius 1 is 1.20 bits per heavy atom. The van der Waals surface area contributed by atoms with E-state index in [1.54, 1.807) is 12.3 Å². The molecule has 1 aromatic carbocycles. The lowest BCUT2D eigenvalue weighted by atomic mass is 10.2. The molecular weight excluding hydrogens is 250 g/mol. The fraction of sp³-hybridized carbons (Fsp3) is 0.250. The Morgan fingerprint density at radius 3 is 2.75 bits per heavy atom. The number of carbonyl (C=O) groups excluding carboxylic acids is 1. The fourth-order valence-corrected chi connectivity index (χ4v) is 1.98. The minimum atomic E-state index is -0.145. The molecule has 0 saturated heterocycles. The van der Waals surface area contributed by atoms with Crippen LogP contribution in [0.5, 0.6) is 0 Å². The second-order valence-electron chi connectivity index (χ2n) is 5.02. The Kier molecular flexibility index (Phi) is 3.63. The molecular formula is C16H17N3O. The fourth-order valence-electron chi connectivity index (χ4n) is 1.98. The van der Waals surface area contributed by atoms with Crippen molar-refractivity contribution in [2.45, 2.75) is 25.4 Å². The summed E-state index contributed by atoms with van der Waals surface area (Å²) in [5, 5.41) is 6.25. The molecule has 1 aliphatic rings. The average Bonchev–Trinajstić information content (AvgIpc) is 3.30. The van der Waals surface area contributed by atoms with Crippen molar-refractivity contribution in [3.63, 3.8) is 0 Å². The van der Waals surface area contributed by atoms with E-state index in [1.807, 2.05) is 36.4 Å². The first-order valence-electron chi connectivity index (χ1n) is 6.86. The molecule has 1 aliphatic carbocycles. The first kappa shape index (κ1) is 12.7. The van der Waals surface area contributed by atoms with Gasteiger partial charge in [-0.05, 0) is 30.5 Å². The van der Waals surface area contributed by atoms with Gasteiger partial charge in [0.15, 0.2) is 0 Å². The predicted molar refractivity (Wildman–Crippen MR) is 78.5 cm³/mol. The lowest BCUT2D eigenvalue weighted by Crippen LogP contribution is -2.23. The summed E-state index contributed by atoms with van der Waals surface area (Å²) in [6.07, 6.45) is 4.08. The largest absolute Gasteiger partial charge is 0.382 e. The van der Waals surface area contributed by atoms with Crippen LogP contribution in [0.2, 0.25) is 0 Å². The molecule has 2 aromatic rings. The number of pyridine rings is 1. The highest BCUT2D eigenvalue weighted by Gasteiger charge is 2.21. The molecule has 4 nitrogen and oxygen atoms in total. The van der Waals surface area contributed by atoms with E-state index in [0.29, 0.717) is 18.3 Å². The highest BCUT2D eigenvalue weighted by molar-refractivity contribution is 5.93. The lowest BCUT2D eigenvalue weighted by Gasteiger charge is -2.07. The molecule has 0 atom stereocenters. The molecule has 4 heteroatoms. The quantitative estimate of drug-likeness (QED) is 0.875. The van der Waals surface area contributed by atoms with Crippen LogP contribution < -0.4 is 10.6 Å². The Labute approximate surface area is 118 Å². The zero-order valence-electron chi connectivity index (χ0n) is 11.2. The molecule has 1 saturated carbocycles. The molecule has 20 heavy (non-hydrogen) atoms. The highest BCUT2D eigenvalue weighted by atomic mass is 16.1. The van der Waals surface area contributed by atoms with Gasteiger partial charge in [-0.15, -0.1) is 0 Å². The summed E-state index contributed by atoms with van der Waals surface area (Å²) in [7, 11) is 0. The van der Waals surface area contributed by atoms with Crippen LogP contribution in [0, 0.1) is 0 Å². The van der Waals surface area contributed by atoms with Crippen molar-refractivity contribution in [1.29, 1.82) is 0 Å². The van der Waals surface area contributed by atoms with E-state index in [1.165, 1.54) is 12.8 Å². The molecule has 0 unspecified atom stereocenters. The second-order valence-corrected chi connectivity index (χ2v) is 5.02. The van der Waals surface area contributed by atoms with Crippen molar-refractivity contribution in [2.24, 2.45) is 0 Å². The molecule has 1 amide bonds. The van der Waals surface area contributed by atoms with Gasteiger partial charge >= 0.3 is 0 Å². The molecule has 1 fully saturated rings. The SMILES string of the molecule is O=C(NCc1ccccc1)c1cc(NC2CC2)ccn1. The minimum absolute atomic E-state index is 0.145. The first-order chi connectivity index (χ1) is 9.81. The van der Waals surface area contributed by atoms with Crippen molar-refractivity contribution in [1.82, 2.24) is 10.3 Å². The number of carbonyl (C=O) groups is 1. The summed E-state index contributed by atoms with van der Waals surface area (Å²) in [4.78, 5) is 16.2. The van der Waals surface area contributed by atoms with Gasteiger partial charge in [0.1, 0.15) is 5.69 Å². The number of aromatic nitrogens is 1. The van der Waals surface area contributed by atoms with E-state index < -0.39 is 0 Å². The van der Waals surface area contributed by atoms with Crippen molar-refractivity contribution in [3.05, 3.63) is 59.9 Å². The maximum absolute atomic E-state index is 12.1. The molecule has 3 rings (SSSR count). The Morgan fingerprint density at radius 2 is 2.00 bits per heavy atom. The van der Waals surface area contributed by atoms with Crippen LogP contribution in [0.1, 0.15) is 28.9 Å². The first-order valence-corrected chi connectivity index (χ1v) is 6.86. The molecule has 1 heterocycles. The van der Waals surface area contributed by atoms with Gasteiger partial charge in [0.05, 0.1) is 0 Å². The summed E-state index contributed by atoms with van der Waals surface area (Å²) >= 11 is 0. The van der Waals surface area contributed by atoms with Gasteiger partial charge < -0.3 is 10.6 Å². The summed E-state index contributed by atoms with van der Waals surface area (Å²) < 4.78 is 0. The lowest BCUT2D eigenvalue weighted by molar-refractivity contribution is 0.0946. The number of nitrogens with one attached hydrogen (secondary N) is 2.